The molecule has 110 valence electrons. The van der Waals surface area contributed by atoms with Gasteiger partial charge in [0.1, 0.15) is 0 Å². The minimum Gasteiger partial charge on any atom is -0.315 e. The molecule has 0 aliphatic carbocycles. The molecule has 1 heterocycles. The number of benzene rings is 2. The van der Waals surface area contributed by atoms with Gasteiger partial charge in [-0.3, -0.25) is 4.99 Å². The average molecular weight is 436 g/mol. The molecule has 0 N–H and O–H groups in total. The second kappa shape index (κ2) is 6.44. The van der Waals surface area contributed by atoms with Crippen molar-refractivity contribution in [2.24, 2.45) is 4.99 Å². The number of hydrogen-bond donors (Lipinski definition) is 0. The van der Waals surface area contributed by atoms with Crippen molar-refractivity contribution in [3.63, 3.8) is 0 Å². The lowest BCUT2D eigenvalue weighted by molar-refractivity contribution is 0.628. The van der Waals surface area contributed by atoms with Crippen LogP contribution in [-0.2, 0) is 5.66 Å². The van der Waals surface area contributed by atoms with Gasteiger partial charge in [0.25, 0.3) is 0 Å². The van der Waals surface area contributed by atoms with Crippen molar-refractivity contribution in [2.75, 3.05) is 4.90 Å². The number of anilines is 1. The van der Waals surface area contributed by atoms with Crippen LogP contribution >= 0.6 is 44.1 Å². The van der Waals surface area contributed by atoms with E-state index in [0.29, 0.717) is 0 Å². The predicted molar refractivity (Wildman–Crippen MR) is 104 cm³/mol. The summed E-state index contributed by atoms with van der Waals surface area (Å²) in [6, 6.07) is 16.2. The summed E-state index contributed by atoms with van der Waals surface area (Å²) < 4.78 is 2.07. The standard InChI is InChI=1S/C17H12Br2N2S/c18-14-4-2-13(3-5-14)17(12-22)20-10-1-11-21(17)16-8-6-15(19)7-9-16/h1-12H. The summed E-state index contributed by atoms with van der Waals surface area (Å²) in [4.78, 5) is 6.77. The van der Waals surface area contributed by atoms with Crippen molar-refractivity contribution in [1.29, 1.82) is 0 Å². The lowest BCUT2D eigenvalue weighted by atomic mass is 9.98. The van der Waals surface area contributed by atoms with E-state index in [1.165, 1.54) is 0 Å². The minimum atomic E-state index is -0.710. The number of hydrogen-bond acceptors (Lipinski definition) is 3. The van der Waals surface area contributed by atoms with Crippen molar-refractivity contribution >= 4 is 61.3 Å². The normalized spacial score (nSPS) is 20.2. The van der Waals surface area contributed by atoms with Crippen LogP contribution in [0.2, 0.25) is 0 Å². The van der Waals surface area contributed by atoms with E-state index >= 15 is 0 Å². The molecule has 1 aliphatic rings. The highest BCUT2D eigenvalue weighted by molar-refractivity contribution is 9.10. The zero-order valence-electron chi connectivity index (χ0n) is 11.5. The van der Waals surface area contributed by atoms with Crippen LogP contribution in [0.15, 0.2) is 74.7 Å². The van der Waals surface area contributed by atoms with Crippen LogP contribution < -0.4 is 4.90 Å². The molecule has 2 nitrogen and oxygen atoms in total. The summed E-state index contributed by atoms with van der Waals surface area (Å²) >= 11 is 12.3. The van der Waals surface area contributed by atoms with E-state index in [4.69, 9.17) is 12.2 Å². The van der Waals surface area contributed by atoms with E-state index in [1.54, 1.807) is 11.6 Å². The highest BCUT2D eigenvalue weighted by Crippen LogP contribution is 2.36. The average Bonchev–Trinajstić information content (AvgIpc) is 2.56. The Hall–Kier alpha value is -1.30. The summed E-state index contributed by atoms with van der Waals surface area (Å²) in [7, 11) is 0. The highest BCUT2D eigenvalue weighted by atomic mass is 79.9. The van der Waals surface area contributed by atoms with Crippen LogP contribution in [0, 0.1) is 0 Å². The van der Waals surface area contributed by atoms with Crippen LogP contribution in [0.5, 0.6) is 0 Å². The molecule has 2 aromatic carbocycles. The Morgan fingerprint density at radius 2 is 1.55 bits per heavy atom. The molecule has 2 aromatic rings. The summed E-state index contributed by atoms with van der Waals surface area (Å²) in [6.45, 7) is 0. The number of nitrogens with zero attached hydrogens (tertiary/aromatic N) is 2. The van der Waals surface area contributed by atoms with Crippen molar-refractivity contribution in [2.45, 2.75) is 5.66 Å². The number of rotatable bonds is 3. The Labute approximate surface area is 151 Å². The molecule has 3 rings (SSSR count). The van der Waals surface area contributed by atoms with Gasteiger partial charge in [-0.2, -0.15) is 0 Å². The first-order valence-electron chi connectivity index (χ1n) is 6.65. The fourth-order valence-electron chi connectivity index (χ4n) is 2.41. The predicted octanol–water partition coefficient (Wildman–Crippen LogP) is 5.47. The van der Waals surface area contributed by atoms with Crippen LogP contribution in [0.4, 0.5) is 5.69 Å². The van der Waals surface area contributed by atoms with Crippen molar-refractivity contribution in [3.8, 4) is 0 Å². The van der Waals surface area contributed by atoms with E-state index in [0.717, 1.165) is 20.2 Å². The molecule has 22 heavy (non-hydrogen) atoms. The van der Waals surface area contributed by atoms with Gasteiger partial charge in [-0.05, 0) is 42.5 Å². The van der Waals surface area contributed by atoms with Gasteiger partial charge in [-0.1, -0.05) is 56.2 Å². The maximum absolute atomic E-state index is 5.37. The maximum atomic E-state index is 5.37. The molecule has 0 saturated carbocycles. The number of halogens is 2. The second-order valence-electron chi connectivity index (χ2n) is 4.82. The Kier molecular flexibility index (Phi) is 4.57. The van der Waals surface area contributed by atoms with E-state index < -0.39 is 5.66 Å². The molecule has 0 fully saturated rings. The highest BCUT2D eigenvalue weighted by Gasteiger charge is 2.36. The number of allylic oxidation sites excluding steroid dienone is 1. The Balaban J connectivity index is 2.12. The van der Waals surface area contributed by atoms with Gasteiger partial charge in [0.2, 0.25) is 0 Å². The third-order valence-corrected chi connectivity index (χ3v) is 4.88. The van der Waals surface area contributed by atoms with Crippen LogP contribution in [-0.4, -0.2) is 11.6 Å². The molecule has 1 aliphatic heterocycles. The smallest absolute Gasteiger partial charge is 0.191 e. The Bertz CT molecular complexity index is 738. The largest absolute Gasteiger partial charge is 0.315 e. The van der Waals surface area contributed by atoms with Crippen molar-refractivity contribution in [3.05, 3.63) is 75.3 Å². The molecule has 0 saturated heterocycles. The molecule has 0 bridgehead atoms. The van der Waals surface area contributed by atoms with Crippen LogP contribution in [0.25, 0.3) is 0 Å². The monoisotopic (exact) mass is 434 g/mol. The third-order valence-electron chi connectivity index (χ3n) is 3.50. The summed E-state index contributed by atoms with van der Waals surface area (Å²) in [6.07, 6.45) is 5.71. The van der Waals surface area contributed by atoms with Crippen molar-refractivity contribution < 1.29 is 0 Å². The first kappa shape index (κ1) is 15.6. The van der Waals surface area contributed by atoms with E-state index in [1.807, 2.05) is 60.8 Å². The fraction of sp³-hybridized carbons (Fsp3) is 0.0588. The molecule has 0 aromatic heterocycles. The maximum Gasteiger partial charge on any atom is 0.191 e. The summed E-state index contributed by atoms with van der Waals surface area (Å²) in [5.41, 5.74) is 1.34. The molecule has 1 atom stereocenters. The van der Waals surface area contributed by atoms with E-state index in [9.17, 15) is 0 Å². The molecule has 0 radical (unpaired) electrons. The van der Waals surface area contributed by atoms with E-state index in [2.05, 4.69) is 41.8 Å². The first-order chi connectivity index (χ1) is 10.7. The second-order valence-corrected chi connectivity index (χ2v) is 6.88. The van der Waals surface area contributed by atoms with Crippen LogP contribution in [0.1, 0.15) is 5.56 Å². The van der Waals surface area contributed by atoms with Crippen molar-refractivity contribution in [1.82, 2.24) is 0 Å². The SMILES string of the molecule is S=CC1(c2ccc(Br)cc2)N=CC=CN1c1ccc(Br)cc1. The molecule has 0 spiro atoms. The Morgan fingerprint density at radius 3 is 2.14 bits per heavy atom. The summed E-state index contributed by atoms with van der Waals surface area (Å²) in [5, 5.41) is 1.71. The number of thiocarbonyl (C=S) groups is 1. The van der Waals surface area contributed by atoms with E-state index in [-0.39, 0.29) is 0 Å². The number of aliphatic imine (C=N–C) groups is 1. The van der Waals surface area contributed by atoms with Gasteiger partial charge in [-0.15, -0.1) is 0 Å². The molecule has 5 heteroatoms. The molecule has 0 amide bonds. The quantitative estimate of drug-likeness (QED) is 0.594. The lowest BCUT2D eigenvalue weighted by Crippen LogP contribution is -2.44. The minimum absolute atomic E-state index is 0.710. The fourth-order valence-corrected chi connectivity index (χ4v) is 3.24. The molecular weight excluding hydrogens is 424 g/mol. The van der Waals surface area contributed by atoms with Gasteiger partial charge in [-0.25, -0.2) is 0 Å². The third kappa shape index (κ3) is 2.81. The van der Waals surface area contributed by atoms with Crippen LogP contribution in [0.3, 0.4) is 0 Å². The Morgan fingerprint density at radius 1 is 0.955 bits per heavy atom. The zero-order valence-corrected chi connectivity index (χ0v) is 15.5. The topological polar surface area (TPSA) is 15.6 Å². The molecule has 1 unspecified atom stereocenters. The summed E-state index contributed by atoms with van der Waals surface area (Å²) in [5.74, 6) is 0. The molecular formula is C17H12Br2N2S. The van der Waals surface area contributed by atoms with Gasteiger partial charge < -0.3 is 4.90 Å². The van der Waals surface area contributed by atoms with Gasteiger partial charge in [0.15, 0.2) is 5.66 Å². The van der Waals surface area contributed by atoms with Gasteiger partial charge >= 0.3 is 0 Å². The zero-order chi connectivity index (χ0) is 15.6. The van der Waals surface area contributed by atoms with Gasteiger partial charge in [0.05, 0.1) is 0 Å². The lowest BCUT2D eigenvalue weighted by Gasteiger charge is -2.39. The van der Waals surface area contributed by atoms with Gasteiger partial charge in [0, 0.05) is 38.0 Å². The first-order valence-corrected chi connectivity index (χ1v) is 8.71.